The highest BCUT2D eigenvalue weighted by Crippen LogP contribution is 2.49. The second-order valence-electron chi connectivity index (χ2n) is 14.7. The fraction of sp³-hybridized carbons (Fsp3) is 0.658. The van der Waals surface area contributed by atoms with E-state index in [1.54, 1.807) is 33.0 Å². The van der Waals surface area contributed by atoms with E-state index in [0.29, 0.717) is 17.9 Å². The number of carbonyl (C=O) groups is 3. The van der Waals surface area contributed by atoms with Crippen LogP contribution >= 0.6 is 11.6 Å². The number of hydrogen-bond donors (Lipinski definition) is 2. The van der Waals surface area contributed by atoms with Gasteiger partial charge in [0, 0.05) is 32.0 Å². The molecule has 0 radical (unpaired) electrons. The SMILES string of the molecule is CCC(C)(CC)N(C)[C@@H](C)C(=O)O[C@H]1CC(=O)N(C)c2cc(cc(OC)c2Cl)C/C(C)=C/C=C/[C@@H](OC)[C@@]2(O)C[C@H](OC(=O)N2)[C@@H](C)[C@@H]2O[C@@]12C. The van der Waals surface area contributed by atoms with Crippen LogP contribution < -0.4 is 15.0 Å². The fourth-order valence-electron chi connectivity index (χ4n) is 7.22. The molecule has 3 aliphatic heterocycles. The number of esters is 1. The fourth-order valence-corrected chi connectivity index (χ4v) is 7.53. The van der Waals surface area contributed by atoms with E-state index >= 15 is 0 Å². The molecule has 1 aromatic carbocycles. The lowest BCUT2D eigenvalue weighted by molar-refractivity contribution is -0.161. The highest BCUT2D eigenvalue weighted by molar-refractivity contribution is 6.35. The van der Waals surface area contributed by atoms with Crippen LogP contribution in [-0.4, -0.2) is 104 Å². The maximum absolute atomic E-state index is 14.2. The molecule has 4 rings (SSSR count). The van der Waals surface area contributed by atoms with Crippen LogP contribution in [0.2, 0.25) is 5.02 Å². The number of allylic oxidation sites excluding steroid dienone is 3. The molecule has 0 unspecified atom stereocenters. The van der Waals surface area contributed by atoms with Gasteiger partial charge in [-0.3, -0.25) is 19.8 Å². The van der Waals surface area contributed by atoms with E-state index in [4.69, 9.17) is 35.3 Å². The quantitative estimate of drug-likeness (QED) is 0.258. The molecule has 3 aliphatic rings. The molecule has 284 valence electrons. The summed E-state index contributed by atoms with van der Waals surface area (Å²) in [5, 5.41) is 14.5. The molecule has 13 heteroatoms. The Hall–Kier alpha value is -3.16. The molecule has 0 spiro atoms. The number of ether oxygens (including phenoxy) is 5. The summed E-state index contributed by atoms with van der Waals surface area (Å²) in [7, 11) is 6.50. The minimum Gasteiger partial charge on any atom is -0.495 e. The summed E-state index contributed by atoms with van der Waals surface area (Å²) >= 11 is 6.78. The Morgan fingerprint density at radius 1 is 1.25 bits per heavy atom. The maximum Gasteiger partial charge on any atom is 0.409 e. The smallest absolute Gasteiger partial charge is 0.409 e. The third kappa shape index (κ3) is 8.41. The van der Waals surface area contributed by atoms with Crippen molar-refractivity contribution >= 4 is 35.3 Å². The Bertz CT molecular complexity index is 1530. The molecular formula is C38H56ClN3O9. The first-order valence-electron chi connectivity index (χ1n) is 17.7. The summed E-state index contributed by atoms with van der Waals surface area (Å²) < 4.78 is 29.5. The highest BCUT2D eigenvalue weighted by Gasteiger charge is 2.64. The van der Waals surface area contributed by atoms with Gasteiger partial charge in [0.1, 0.15) is 40.7 Å². The van der Waals surface area contributed by atoms with Crippen molar-refractivity contribution in [2.24, 2.45) is 5.92 Å². The predicted molar refractivity (Wildman–Crippen MR) is 195 cm³/mol. The molecule has 3 heterocycles. The van der Waals surface area contributed by atoms with Gasteiger partial charge in [-0.25, -0.2) is 4.79 Å². The summed E-state index contributed by atoms with van der Waals surface area (Å²) in [6.07, 6.45) is 3.14. The van der Waals surface area contributed by atoms with Crippen LogP contribution in [-0.2, 0) is 35.0 Å². The third-order valence-electron chi connectivity index (χ3n) is 11.5. The second-order valence-corrected chi connectivity index (χ2v) is 15.1. The monoisotopic (exact) mass is 733 g/mol. The molecule has 0 aliphatic carbocycles. The lowest BCUT2D eigenvalue weighted by Gasteiger charge is -2.42. The first-order chi connectivity index (χ1) is 23.9. The van der Waals surface area contributed by atoms with Crippen LogP contribution in [0, 0.1) is 5.92 Å². The number of hydrogen-bond acceptors (Lipinski definition) is 10. The minimum atomic E-state index is -1.79. The van der Waals surface area contributed by atoms with E-state index in [2.05, 4.69) is 26.1 Å². The van der Waals surface area contributed by atoms with Crippen LogP contribution in [0.5, 0.6) is 5.75 Å². The topological polar surface area (TPSA) is 139 Å². The number of methoxy groups -OCH3 is 2. The van der Waals surface area contributed by atoms with Gasteiger partial charge in [-0.05, 0) is 71.7 Å². The number of amides is 2. The average Bonchev–Trinajstić information content (AvgIpc) is 3.79. The Kier molecular flexibility index (Phi) is 12.6. The van der Waals surface area contributed by atoms with Crippen molar-refractivity contribution in [2.45, 2.75) is 128 Å². The van der Waals surface area contributed by atoms with Crippen molar-refractivity contribution in [3.05, 3.63) is 46.5 Å². The lowest BCUT2D eigenvalue weighted by Crippen LogP contribution is -2.63. The number of nitrogens with one attached hydrogen (secondary N) is 1. The lowest BCUT2D eigenvalue weighted by atomic mass is 9.83. The molecule has 8 atom stereocenters. The average molecular weight is 734 g/mol. The summed E-state index contributed by atoms with van der Waals surface area (Å²) in [4.78, 5) is 44.4. The Morgan fingerprint density at radius 2 is 1.92 bits per heavy atom. The number of carbonyl (C=O) groups excluding carboxylic acids is 3. The van der Waals surface area contributed by atoms with Crippen molar-refractivity contribution in [3.63, 3.8) is 0 Å². The molecule has 1 aromatic rings. The summed E-state index contributed by atoms with van der Waals surface area (Å²) in [6.45, 7) is 13.6. The van der Waals surface area contributed by atoms with Crippen molar-refractivity contribution in [2.75, 3.05) is 33.2 Å². The number of aliphatic hydroxyl groups is 1. The Labute approximate surface area is 307 Å². The summed E-state index contributed by atoms with van der Waals surface area (Å²) in [5.41, 5.74) is -0.917. The highest BCUT2D eigenvalue weighted by atomic mass is 35.5. The van der Waals surface area contributed by atoms with Gasteiger partial charge in [-0.2, -0.15) is 0 Å². The molecule has 4 bridgehead atoms. The molecule has 2 amide bonds. The van der Waals surface area contributed by atoms with E-state index in [1.165, 1.54) is 19.1 Å². The van der Waals surface area contributed by atoms with Crippen LogP contribution in [0.25, 0.3) is 0 Å². The Balaban J connectivity index is 1.79. The van der Waals surface area contributed by atoms with Gasteiger partial charge in [-0.1, -0.05) is 56.2 Å². The van der Waals surface area contributed by atoms with Crippen LogP contribution in [0.15, 0.2) is 35.9 Å². The number of anilines is 1. The molecule has 2 fully saturated rings. The zero-order valence-corrected chi connectivity index (χ0v) is 32.6. The first-order valence-corrected chi connectivity index (χ1v) is 18.1. The number of likely N-dealkylation sites (N-methyl/N-ethyl adjacent to an activating group) is 1. The van der Waals surface area contributed by atoms with Crippen molar-refractivity contribution in [1.82, 2.24) is 10.2 Å². The second kappa shape index (κ2) is 15.8. The molecular weight excluding hydrogens is 678 g/mol. The molecule has 12 nitrogen and oxygen atoms in total. The molecule has 51 heavy (non-hydrogen) atoms. The number of fused-ring (bicyclic) bond motifs is 5. The van der Waals surface area contributed by atoms with E-state index in [-0.39, 0.29) is 29.3 Å². The number of nitrogens with zero attached hydrogens (tertiary/aromatic N) is 2. The van der Waals surface area contributed by atoms with Crippen LogP contribution in [0.1, 0.15) is 79.7 Å². The van der Waals surface area contributed by atoms with Gasteiger partial charge in [0.2, 0.25) is 5.91 Å². The van der Waals surface area contributed by atoms with Crippen LogP contribution in [0.3, 0.4) is 0 Å². The summed E-state index contributed by atoms with van der Waals surface area (Å²) in [6, 6.07) is 3.03. The molecule has 0 aromatic heterocycles. The van der Waals surface area contributed by atoms with Gasteiger partial charge in [0.15, 0.2) is 5.72 Å². The maximum atomic E-state index is 14.2. The van der Waals surface area contributed by atoms with Crippen molar-refractivity contribution < 1.29 is 43.2 Å². The number of rotatable bonds is 8. The van der Waals surface area contributed by atoms with E-state index in [1.807, 2.05) is 44.0 Å². The standard InChI is InChI=1S/C38H56ClN3O9/c1-12-36(6,13-2)42(9)24(5)34(44)50-30-20-31(43)41(8)26-18-25(19-27(47-10)32(26)39)17-22(3)15-14-16-29(48-11)38(46)21-28(49-35(45)40-38)23(4)33-37(30,7)51-33/h14-16,18-19,23-24,28-30,33,46H,12-13,17,20-21H2,1-11H3,(H,40,45)/b16-14+,22-15+/t23-,24+,28+,29-,30+,33+,37+,38+/m1/s1. The van der Waals surface area contributed by atoms with Crippen molar-refractivity contribution in [3.8, 4) is 5.75 Å². The van der Waals surface area contributed by atoms with E-state index in [0.717, 1.165) is 24.0 Å². The zero-order valence-electron chi connectivity index (χ0n) is 31.9. The number of halogens is 1. The molecule has 2 saturated heterocycles. The number of epoxide rings is 1. The molecule has 0 saturated carbocycles. The van der Waals surface area contributed by atoms with Gasteiger partial charge < -0.3 is 33.7 Å². The first kappa shape index (κ1) is 40.6. The largest absolute Gasteiger partial charge is 0.495 e. The minimum absolute atomic E-state index is 0.00785. The number of benzene rings is 1. The van der Waals surface area contributed by atoms with Gasteiger partial charge in [-0.15, -0.1) is 0 Å². The van der Waals surface area contributed by atoms with Gasteiger partial charge in [0.25, 0.3) is 0 Å². The Morgan fingerprint density at radius 3 is 2.53 bits per heavy atom. The third-order valence-corrected chi connectivity index (χ3v) is 11.9. The number of alkyl carbamates (subject to hydrolysis) is 1. The van der Waals surface area contributed by atoms with E-state index in [9.17, 15) is 19.5 Å². The normalized spacial score (nSPS) is 32.5. The van der Waals surface area contributed by atoms with E-state index < -0.39 is 59.8 Å². The van der Waals surface area contributed by atoms with Crippen molar-refractivity contribution in [1.29, 1.82) is 0 Å². The predicted octanol–water partition coefficient (Wildman–Crippen LogP) is 5.57. The summed E-state index contributed by atoms with van der Waals surface area (Å²) in [5.74, 6) is -0.909. The van der Waals surface area contributed by atoms with Crippen LogP contribution in [0.4, 0.5) is 10.5 Å². The zero-order chi connectivity index (χ0) is 38.1. The molecule has 2 N–H and O–H groups in total. The van der Waals surface area contributed by atoms with Gasteiger partial charge in [0.05, 0.1) is 25.3 Å². The van der Waals surface area contributed by atoms with Gasteiger partial charge >= 0.3 is 12.1 Å².